The fourth-order valence-electron chi connectivity index (χ4n) is 2.32. The molecule has 0 saturated heterocycles. The van der Waals surface area contributed by atoms with Crippen LogP contribution in [0.3, 0.4) is 0 Å². The Bertz CT molecular complexity index is 755. The summed E-state index contributed by atoms with van der Waals surface area (Å²) < 4.78 is 5.42. The summed E-state index contributed by atoms with van der Waals surface area (Å²) in [7, 11) is 3.58. The number of aryl methyl sites for hydroxylation is 1. The maximum absolute atomic E-state index is 9.42. The number of methoxy groups -OCH3 is 1. The van der Waals surface area contributed by atoms with E-state index in [0.717, 1.165) is 27.5 Å². The number of rotatable bonds is 5. The van der Waals surface area contributed by atoms with Gasteiger partial charge in [0, 0.05) is 18.5 Å². The highest BCUT2D eigenvalue weighted by molar-refractivity contribution is 7.98. The van der Waals surface area contributed by atoms with Gasteiger partial charge in [0.25, 0.3) is 0 Å². The number of nitrogens with zero attached hydrogens (tertiary/aromatic N) is 4. The normalized spacial score (nSPS) is 10.3. The molecule has 1 aromatic carbocycles. The molecule has 0 amide bonds. The maximum Gasteiger partial charge on any atom is 0.169 e. The Labute approximate surface area is 141 Å². The summed E-state index contributed by atoms with van der Waals surface area (Å²) in [6.45, 7) is 4.38. The summed E-state index contributed by atoms with van der Waals surface area (Å²) in [5.41, 5.74) is 3.32. The van der Waals surface area contributed by atoms with Gasteiger partial charge in [0.1, 0.15) is 17.4 Å². The van der Waals surface area contributed by atoms with Crippen molar-refractivity contribution in [2.24, 2.45) is 0 Å². The molecule has 120 valence electrons. The van der Waals surface area contributed by atoms with Crippen molar-refractivity contribution in [2.45, 2.75) is 25.3 Å². The summed E-state index contributed by atoms with van der Waals surface area (Å²) in [4.78, 5) is 3.04. The van der Waals surface area contributed by atoms with Crippen LogP contribution in [0.4, 0.5) is 5.82 Å². The Morgan fingerprint density at radius 1 is 1.30 bits per heavy atom. The van der Waals surface area contributed by atoms with E-state index >= 15 is 0 Å². The third kappa shape index (κ3) is 3.57. The molecule has 0 saturated carbocycles. The number of ether oxygens (including phenoxy) is 1. The summed E-state index contributed by atoms with van der Waals surface area (Å²) in [5.74, 6) is 1.46. The molecule has 0 spiro atoms. The largest absolute Gasteiger partial charge is 0.496 e. The summed E-state index contributed by atoms with van der Waals surface area (Å²) in [6, 6.07) is 8.36. The van der Waals surface area contributed by atoms with Crippen LogP contribution >= 0.6 is 11.8 Å². The first-order chi connectivity index (χ1) is 11.0. The molecule has 0 atom stereocenters. The predicted molar refractivity (Wildman–Crippen MR) is 93.1 cm³/mol. The van der Waals surface area contributed by atoms with E-state index in [4.69, 9.17) is 4.74 Å². The quantitative estimate of drug-likeness (QED) is 0.785. The van der Waals surface area contributed by atoms with E-state index in [1.165, 1.54) is 0 Å². The molecule has 0 aliphatic carbocycles. The van der Waals surface area contributed by atoms with Crippen molar-refractivity contribution in [3.8, 4) is 11.8 Å². The molecule has 2 rings (SSSR count). The standard InChI is InChI=1S/C17H20N4OS/c1-11-12(2)19-20-17(14(11)9-18)21(3)10-13-6-7-16(23-5)15(8-13)22-4/h6-8H,10H2,1-5H3. The smallest absolute Gasteiger partial charge is 0.169 e. The Kier molecular flexibility index (Phi) is 5.45. The van der Waals surface area contributed by atoms with Crippen LogP contribution in [-0.2, 0) is 6.54 Å². The molecule has 2 aromatic rings. The first-order valence-corrected chi connectivity index (χ1v) is 8.40. The van der Waals surface area contributed by atoms with E-state index in [1.807, 2.05) is 44.2 Å². The summed E-state index contributed by atoms with van der Waals surface area (Å²) in [6.07, 6.45) is 2.02. The zero-order valence-corrected chi connectivity index (χ0v) is 14.9. The SMILES string of the molecule is COc1cc(CN(C)c2nnc(C)c(C)c2C#N)ccc1SC. The summed E-state index contributed by atoms with van der Waals surface area (Å²) in [5, 5.41) is 17.8. The monoisotopic (exact) mass is 328 g/mol. The van der Waals surface area contributed by atoms with Gasteiger partial charge in [0.2, 0.25) is 0 Å². The molecule has 23 heavy (non-hydrogen) atoms. The van der Waals surface area contributed by atoms with Gasteiger partial charge in [-0.15, -0.1) is 16.9 Å². The lowest BCUT2D eigenvalue weighted by Gasteiger charge is -2.20. The average Bonchev–Trinajstić information content (AvgIpc) is 2.56. The molecule has 0 aliphatic rings. The van der Waals surface area contributed by atoms with Gasteiger partial charge in [-0.2, -0.15) is 10.4 Å². The van der Waals surface area contributed by atoms with Crippen LogP contribution in [0.25, 0.3) is 0 Å². The van der Waals surface area contributed by atoms with Crippen LogP contribution in [0, 0.1) is 25.2 Å². The molecule has 6 heteroatoms. The number of benzene rings is 1. The number of anilines is 1. The van der Waals surface area contributed by atoms with Gasteiger partial charge in [-0.25, -0.2) is 0 Å². The molecule has 5 nitrogen and oxygen atoms in total. The lowest BCUT2D eigenvalue weighted by Crippen LogP contribution is -2.20. The Morgan fingerprint density at radius 3 is 2.65 bits per heavy atom. The van der Waals surface area contributed by atoms with Gasteiger partial charge >= 0.3 is 0 Å². The third-order valence-electron chi connectivity index (χ3n) is 3.78. The van der Waals surface area contributed by atoms with Crippen LogP contribution in [0.2, 0.25) is 0 Å². The van der Waals surface area contributed by atoms with Gasteiger partial charge in [-0.1, -0.05) is 6.07 Å². The second-order valence-corrected chi connectivity index (χ2v) is 6.11. The van der Waals surface area contributed by atoms with Crippen molar-refractivity contribution in [2.75, 3.05) is 25.3 Å². The highest BCUT2D eigenvalue weighted by Crippen LogP contribution is 2.29. The number of aromatic nitrogens is 2. The van der Waals surface area contributed by atoms with Gasteiger partial charge in [0.05, 0.1) is 12.8 Å². The second-order valence-electron chi connectivity index (χ2n) is 5.27. The van der Waals surface area contributed by atoms with Gasteiger partial charge < -0.3 is 9.64 Å². The highest BCUT2D eigenvalue weighted by atomic mass is 32.2. The number of hydrogen-bond donors (Lipinski definition) is 0. The lowest BCUT2D eigenvalue weighted by atomic mass is 10.1. The Balaban J connectivity index is 2.31. The lowest BCUT2D eigenvalue weighted by molar-refractivity contribution is 0.404. The third-order valence-corrected chi connectivity index (χ3v) is 4.55. The fraction of sp³-hybridized carbons (Fsp3) is 0.353. The number of nitriles is 1. The van der Waals surface area contributed by atoms with Crippen LogP contribution in [0.5, 0.6) is 5.75 Å². The Hall–Kier alpha value is -2.26. The van der Waals surface area contributed by atoms with Gasteiger partial charge in [-0.05, 0) is 43.4 Å². The zero-order valence-electron chi connectivity index (χ0n) is 14.0. The fourth-order valence-corrected chi connectivity index (χ4v) is 2.87. The Morgan fingerprint density at radius 2 is 2.04 bits per heavy atom. The topological polar surface area (TPSA) is 62.0 Å². The number of thioether (sulfide) groups is 1. The molecule has 0 N–H and O–H groups in total. The first kappa shape index (κ1) is 17.1. The highest BCUT2D eigenvalue weighted by Gasteiger charge is 2.15. The van der Waals surface area contributed by atoms with E-state index in [1.54, 1.807) is 18.9 Å². The first-order valence-electron chi connectivity index (χ1n) is 7.17. The molecule has 0 aliphatic heterocycles. The molecular weight excluding hydrogens is 308 g/mol. The van der Waals surface area contributed by atoms with Crippen LogP contribution in [0.15, 0.2) is 23.1 Å². The van der Waals surface area contributed by atoms with Crippen molar-refractivity contribution in [1.82, 2.24) is 10.2 Å². The van der Waals surface area contributed by atoms with E-state index in [9.17, 15) is 5.26 Å². The average molecular weight is 328 g/mol. The zero-order chi connectivity index (χ0) is 17.0. The number of hydrogen-bond acceptors (Lipinski definition) is 6. The van der Waals surface area contributed by atoms with Crippen molar-refractivity contribution in [3.63, 3.8) is 0 Å². The minimum Gasteiger partial charge on any atom is -0.496 e. The second kappa shape index (κ2) is 7.34. The van der Waals surface area contributed by atoms with Crippen LogP contribution in [0.1, 0.15) is 22.4 Å². The molecule has 1 aromatic heterocycles. The van der Waals surface area contributed by atoms with Crippen molar-refractivity contribution in [1.29, 1.82) is 5.26 Å². The van der Waals surface area contributed by atoms with E-state index in [2.05, 4.69) is 22.3 Å². The molecular formula is C17H20N4OS. The van der Waals surface area contributed by atoms with E-state index in [0.29, 0.717) is 17.9 Å². The summed E-state index contributed by atoms with van der Waals surface area (Å²) >= 11 is 1.65. The molecule has 0 bridgehead atoms. The maximum atomic E-state index is 9.42. The van der Waals surface area contributed by atoms with Crippen LogP contribution in [-0.4, -0.2) is 30.6 Å². The van der Waals surface area contributed by atoms with Crippen molar-refractivity contribution in [3.05, 3.63) is 40.6 Å². The van der Waals surface area contributed by atoms with Crippen molar-refractivity contribution < 1.29 is 4.74 Å². The van der Waals surface area contributed by atoms with Crippen LogP contribution < -0.4 is 9.64 Å². The minimum absolute atomic E-state index is 0.577. The molecule has 0 fully saturated rings. The van der Waals surface area contributed by atoms with E-state index < -0.39 is 0 Å². The van der Waals surface area contributed by atoms with Crippen molar-refractivity contribution >= 4 is 17.6 Å². The predicted octanol–water partition coefficient (Wildman–Crippen LogP) is 3.33. The molecule has 1 heterocycles. The van der Waals surface area contributed by atoms with Gasteiger partial charge in [-0.3, -0.25) is 0 Å². The minimum atomic E-state index is 0.577. The van der Waals surface area contributed by atoms with Gasteiger partial charge in [0.15, 0.2) is 5.82 Å². The molecule has 0 unspecified atom stereocenters. The molecule has 0 radical (unpaired) electrons. The van der Waals surface area contributed by atoms with E-state index in [-0.39, 0.29) is 0 Å².